The van der Waals surface area contributed by atoms with E-state index in [9.17, 15) is 10.2 Å². The Morgan fingerprint density at radius 3 is 1.24 bits per heavy atom. The maximum atomic E-state index is 10.8. The number of hydrogen-bond acceptors (Lipinski definition) is 7. The average Bonchev–Trinajstić information content (AvgIpc) is 3.46. The molecule has 1 rings (SSSR count). The minimum atomic E-state index is -0.935. The average molecular weight is 729 g/mol. The summed E-state index contributed by atoms with van der Waals surface area (Å²) in [5.41, 5.74) is 0. The van der Waals surface area contributed by atoms with Gasteiger partial charge in [0.1, 0.15) is 24.9 Å². The van der Waals surface area contributed by atoms with E-state index in [0.717, 1.165) is 32.1 Å². The van der Waals surface area contributed by atoms with Gasteiger partial charge in [-0.25, -0.2) is 0 Å². The van der Waals surface area contributed by atoms with Crippen molar-refractivity contribution in [1.29, 1.82) is 0 Å². The van der Waals surface area contributed by atoms with E-state index in [4.69, 9.17) is 38.6 Å². The van der Waals surface area contributed by atoms with Gasteiger partial charge < -0.3 is 24.4 Å². The molecule has 5 nitrogen and oxygen atoms in total. The molecule has 290 valence electrons. The first-order valence-corrected chi connectivity index (χ1v) is 22.1. The first-order valence-electron chi connectivity index (χ1n) is 21.3. The van der Waals surface area contributed by atoms with Gasteiger partial charge in [-0.3, -0.25) is 0 Å². The SMILES string of the molecule is CCCCCCCCCCCCCCCCCC(=S)OC[C@H](O)[C@H]1OC[C@@H](O)[C@H]1OC(=S)CCCCCCCCCCCCCCCCC. The minimum absolute atomic E-state index is 0.0423. The largest absolute Gasteiger partial charge is 0.484 e. The quantitative estimate of drug-likeness (QED) is 0.0492. The second-order valence-electron chi connectivity index (χ2n) is 15.0. The van der Waals surface area contributed by atoms with Gasteiger partial charge in [0.15, 0.2) is 16.2 Å². The maximum Gasteiger partial charge on any atom is 0.160 e. The Morgan fingerprint density at radius 2 is 0.878 bits per heavy atom. The van der Waals surface area contributed by atoms with Crippen molar-refractivity contribution in [2.75, 3.05) is 13.2 Å². The van der Waals surface area contributed by atoms with Crippen LogP contribution in [-0.4, -0.2) is 57.9 Å². The van der Waals surface area contributed by atoms with Gasteiger partial charge in [0, 0.05) is 12.8 Å². The van der Waals surface area contributed by atoms with Crippen molar-refractivity contribution in [2.45, 2.75) is 244 Å². The lowest BCUT2D eigenvalue weighted by molar-refractivity contribution is -0.0620. The van der Waals surface area contributed by atoms with E-state index >= 15 is 0 Å². The van der Waals surface area contributed by atoms with Crippen LogP contribution in [0.1, 0.15) is 219 Å². The summed E-state index contributed by atoms with van der Waals surface area (Å²) in [6, 6.07) is 0. The highest BCUT2D eigenvalue weighted by Crippen LogP contribution is 2.23. The standard InChI is InChI=1S/C42H80O5S2/c1-3-5-7-9-11-13-15-17-19-21-23-25-27-29-31-33-39(48)45-35-37(43)41-42(38(44)36-46-41)47-40(49)34-32-30-28-26-24-22-20-18-16-14-12-10-8-6-4-2/h37-38,41-44H,3-36H2,1-2H3/t37-,38+,41+,42+/m0/s1. The van der Waals surface area contributed by atoms with E-state index in [0.29, 0.717) is 16.5 Å². The van der Waals surface area contributed by atoms with Gasteiger partial charge in [-0.15, -0.1) is 0 Å². The molecule has 1 heterocycles. The Kier molecular flexibility index (Phi) is 33.1. The summed E-state index contributed by atoms with van der Waals surface area (Å²) in [6.07, 6.45) is 38.3. The molecule has 49 heavy (non-hydrogen) atoms. The molecule has 1 saturated heterocycles. The second kappa shape index (κ2) is 34.7. The summed E-state index contributed by atoms with van der Waals surface area (Å²) in [4.78, 5) is 0. The molecule has 0 amide bonds. The van der Waals surface area contributed by atoms with Crippen LogP contribution in [0.5, 0.6) is 0 Å². The topological polar surface area (TPSA) is 68.2 Å². The lowest BCUT2D eigenvalue weighted by Gasteiger charge is -2.26. The summed E-state index contributed by atoms with van der Waals surface area (Å²) >= 11 is 10.9. The molecule has 1 aliphatic heterocycles. The third-order valence-corrected chi connectivity index (χ3v) is 10.8. The van der Waals surface area contributed by atoms with Gasteiger partial charge in [0.2, 0.25) is 0 Å². The van der Waals surface area contributed by atoms with E-state index in [1.807, 2.05) is 0 Å². The smallest absolute Gasteiger partial charge is 0.160 e. The predicted octanol–water partition coefficient (Wildman–Crippen LogP) is 12.7. The van der Waals surface area contributed by atoms with E-state index in [1.165, 1.54) is 167 Å². The van der Waals surface area contributed by atoms with Crippen LogP contribution < -0.4 is 0 Å². The van der Waals surface area contributed by atoms with Crippen molar-refractivity contribution >= 4 is 34.5 Å². The number of aliphatic hydroxyl groups excluding tert-OH is 2. The molecule has 1 aliphatic rings. The van der Waals surface area contributed by atoms with Crippen LogP contribution in [-0.2, 0) is 14.2 Å². The Morgan fingerprint density at radius 1 is 0.551 bits per heavy atom. The van der Waals surface area contributed by atoms with Crippen molar-refractivity contribution < 1.29 is 24.4 Å². The van der Waals surface area contributed by atoms with Crippen LogP contribution in [0, 0.1) is 0 Å². The number of thiocarbonyl (C=S) groups is 2. The number of ether oxygens (including phenoxy) is 3. The molecule has 0 saturated carbocycles. The highest BCUT2D eigenvalue weighted by atomic mass is 32.1. The van der Waals surface area contributed by atoms with Crippen LogP contribution in [0.15, 0.2) is 0 Å². The molecule has 0 bridgehead atoms. The third-order valence-electron chi connectivity index (χ3n) is 10.2. The summed E-state index contributed by atoms with van der Waals surface area (Å²) in [6.45, 7) is 4.72. The molecule has 7 heteroatoms. The highest BCUT2D eigenvalue weighted by molar-refractivity contribution is 7.80. The van der Waals surface area contributed by atoms with E-state index < -0.39 is 24.4 Å². The molecule has 1 fully saturated rings. The number of unbranched alkanes of at least 4 members (excludes halogenated alkanes) is 28. The van der Waals surface area contributed by atoms with Gasteiger partial charge in [0.05, 0.1) is 6.61 Å². The zero-order valence-corrected chi connectivity index (χ0v) is 33.9. The molecule has 0 aromatic heterocycles. The molecule has 0 aromatic rings. The van der Waals surface area contributed by atoms with Crippen molar-refractivity contribution in [2.24, 2.45) is 0 Å². The van der Waals surface area contributed by atoms with E-state index in [2.05, 4.69) is 13.8 Å². The zero-order chi connectivity index (χ0) is 35.6. The monoisotopic (exact) mass is 729 g/mol. The van der Waals surface area contributed by atoms with Gasteiger partial charge in [-0.1, -0.05) is 194 Å². The first-order chi connectivity index (χ1) is 24.0. The summed E-state index contributed by atoms with van der Waals surface area (Å²) < 4.78 is 17.4. The summed E-state index contributed by atoms with van der Waals surface area (Å²) in [7, 11) is 0. The number of hydrogen-bond donors (Lipinski definition) is 2. The molecule has 2 N–H and O–H groups in total. The Labute approximate surface area is 314 Å². The van der Waals surface area contributed by atoms with Crippen molar-refractivity contribution in [3.05, 3.63) is 0 Å². The third kappa shape index (κ3) is 27.9. The van der Waals surface area contributed by atoms with Crippen molar-refractivity contribution in [1.82, 2.24) is 0 Å². The lowest BCUT2D eigenvalue weighted by Crippen LogP contribution is -2.43. The predicted molar refractivity (Wildman–Crippen MR) is 217 cm³/mol. The molecular formula is C42H80O5S2. The Balaban J connectivity index is 2.01. The normalized spacial score (nSPS) is 18.2. The molecule has 0 unspecified atom stereocenters. The molecule has 0 aromatic carbocycles. The summed E-state index contributed by atoms with van der Waals surface area (Å²) in [5, 5.41) is 22.3. The van der Waals surface area contributed by atoms with Crippen molar-refractivity contribution in [3.63, 3.8) is 0 Å². The highest BCUT2D eigenvalue weighted by Gasteiger charge is 2.43. The van der Waals surface area contributed by atoms with Crippen LogP contribution >= 0.6 is 24.4 Å². The van der Waals surface area contributed by atoms with E-state index in [1.54, 1.807) is 0 Å². The van der Waals surface area contributed by atoms with E-state index in [-0.39, 0.29) is 13.2 Å². The first kappa shape index (κ1) is 46.7. The lowest BCUT2D eigenvalue weighted by atomic mass is 10.0. The van der Waals surface area contributed by atoms with Gasteiger partial charge in [-0.05, 0) is 37.3 Å². The molecule has 0 aliphatic carbocycles. The van der Waals surface area contributed by atoms with Gasteiger partial charge in [-0.2, -0.15) is 0 Å². The van der Waals surface area contributed by atoms with Gasteiger partial charge >= 0.3 is 0 Å². The fourth-order valence-electron chi connectivity index (χ4n) is 6.93. The molecule has 0 radical (unpaired) electrons. The van der Waals surface area contributed by atoms with Crippen LogP contribution in [0.25, 0.3) is 0 Å². The van der Waals surface area contributed by atoms with Gasteiger partial charge in [0.25, 0.3) is 0 Å². The zero-order valence-electron chi connectivity index (χ0n) is 32.3. The van der Waals surface area contributed by atoms with Crippen LogP contribution in [0.3, 0.4) is 0 Å². The fraction of sp³-hybridized carbons (Fsp3) is 0.952. The maximum absolute atomic E-state index is 10.8. The molecule has 0 spiro atoms. The second-order valence-corrected chi connectivity index (χ2v) is 15.9. The number of aliphatic hydroxyl groups is 2. The number of rotatable bonds is 36. The van der Waals surface area contributed by atoms with Crippen LogP contribution in [0.4, 0.5) is 0 Å². The fourth-order valence-corrected chi connectivity index (χ4v) is 7.40. The van der Waals surface area contributed by atoms with Crippen molar-refractivity contribution in [3.8, 4) is 0 Å². The Bertz CT molecular complexity index is 751. The summed E-state index contributed by atoms with van der Waals surface area (Å²) in [5.74, 6) is 0. The minimum Gasteiger partial charge on any atom is -0.484 e. The molecular weight excluding hydrogens is 649 g/mol. The molecule has 4 atom stereocenters. The van der Waals surface area contributed by atoms with Crippen LogP contribution in [0.2, 0.25) is 0 Å². The Hall–Kier alpha value is -0.340.